The quantitative estimate of drug-likeness (QED) is 0.562. The van der Waals surface area contributed by atoms with Gasteiger partial charge in [-0.15, -0.1) is 0 Å². The van der Waals surface area contributed by atoms with Crippen molar-refractivity contribution in [3.05, 3.63) is 35.9 Å². The molecule has 0 aromatic heterocycles. The van der Waals surface area contributed by atoms with Crippen LogP contribution in [0.2, 0.25) is 0 Å². The molecule has 0 aliphatic carbocycles. The average Bonchev–Trinajstić information content (AvgIpc) is 2.16. The maximum absolute atomic E-state index is 11.9. The number of hydrogen-bond acceptors (Lipinski definition) is 3. The van der Waals surface area contributed by atoms with Gasteiger partial charge in [0.05, 0.1) is 0 Å². The molecule has 0 aliphatic heterocycles. The van der Waals surface area contributed by atoms with Gasteiger partial charge in [-0.2, -0.15) is 0 Å². The molecule has 3 heteroatoms. The van der Waals surface area contributed by atoms with Crippen LogP contribution in [0.15, 0.2) is 30.3 Å². The number of ketones is 1. The van der Waals surface area contributed by atoms with Crippen molar-refractivity contribution in [3.8, 4) is 0 Å². The third kappa shape index (κ3) is 2.91. The van der Waals surface area contributed by atoms with E-state index < -0.39 is 11.6 Å². The van der Waals surface area contributed by atoms with E-state index >= 15 is 0 Å². The van der Waals surface area contributed by atoms with E-state index in [0.717, 1.165) is 0 Å². The van der Waals surface area contributed by atoms with E-state index in [2.05, 4.69) is 0 Å². The highest BCUT2D eigenvalue weighted by Gasteiger charge is 2.31. The molecule has 0 N–H and O–H groups in total. The molecule has 1 aromatic rings. The molecule has 0 fully saturated rings. The van der Waals surface area contributed by atoms with Crippen molar-refractivity contribution in [2.45, 2.75) is 26.4 Å². The Bertz CT molecular complexity index is 366. The highest BCUT2D eigenvalue weighted by Crippen LogP contribution is 2.17. The SMILES string of the molecule is CC(=O)OC(C)(C)C(=O)c1ccccc1. The first-order valence-corrected chi connectivity index (χ1v) is 4.73. The van der Waals surface area contributed by atoms with Crippen LogP contribution in [0.3, 0.4) is 0 Å². The van der Waals surface area contributed by atoms with Crippen molar-refractivity contribution in [2.24, 2.45) is 0 Å². The molecule has 1 aromatic carbocycles. The molecule has 0 saturated heterocycles. The molecule has 0 atom stereocenters. The fourth-order valence-electron chi connectivity index (χ4n) is 1.34. The van der Waals surface area contributed by atoms with Crippen molar-refractivity contribution in [1.29, 1.82) is 0 Å². The van der Waals surface area contributed by atoms with Crippen LogP contribution in [0.25, 0.3) is 0 Å². The number of hydrogen-bond donors (Lipinski definition) is 0. The van der Waals surface area contributed by atoms with E-state index in [1.807, 2.05) is 6.07 Å². The fourth-order valence-corrected chi connectivity index (χ4v) is 1.34. The summed E-state index contributed by atoms with van der Waals surface area (Å²) in [5.74, 6) is -0.650. The molecule has 1 rings (SSSR count). The number of carbonyl (C=O) groups is 2. The molecule has 3 nitrogen and oxygen atoms in total. The number of benzene rings is 1. The Labute approximate surface area is 89.1 Å². The Morgan fingerprint density at radius 3 is 2.13 bits per heavy atom. The van der Waals surface area contributed by atoms with Crippen LogP contribution in [0.5, 0.6) is 0 Å². The Hall–Kier alpha value is -1.64. The summed E-state index contributed by atoms with van der Waals surface area (Å²) in [4.78, 5) is 22.7. The summed E-state index contributed by atoms with van der Waals surface area (Å²) in [5, 5.41) is 0. The molecule has 0 saturated carbocycles. The maximum Gasteiger partial charge on any atom is 0.303 e. The summed E-state index contributed by atoms with van der Waals surface area (Å²) in [5.41, 5.74) is -0.559. The minimum Gasteiger partial charge on any atom is -0.451 e. The van der Waals surface area contributed by atoms with E-state index in [-0.39, 0.29) is 5.78 Å². The van der Waals surface area contributed by atoms with E-state index in [4.69, 9.17) is 4.74 Å². The second-order valence-electron chi connectivity index (χ2n) is 3.80. The Balaban J connectivity index is 2.89. The van der Waals surface area contributed by atoms with Crippen molar-refractivity contribution < 1.29 is 14.3 Å². The van der Waals surface area contributed by atoms with Crippen LogP contribution in [0, 0.1) is 0 Å². The van der Waals surface area contributed by atoms with Gasteiger partial charge in [-0.1, -0.05) is 30.3 Å². The topological polar surface area (TPSA) is 43.4 Å². The first-order valence-electron chi connectivity index (χ1n) is 4.73. The number of ether oxygens (including phenoxy) is 1. The minimum atomic E-state index is -1.10. The third-order valence-electron chi connectivity index (χ3n) is 1.98. The van der Waals surface area contributed by atoms with Crippen molar-refractivity contribution in [2.75, 3.05) is 0 Å². The van der Waals surface area contributed by atoms with Gasteiger partial charge in [0.25, 0.3) is 0 Å². The summed E-state index contributed by atoms with van der Waals surface area (Å²) in [7, 11) is 0. The molecule has 0 amide bonds. The van der Waals surface area contributed by atoms with Crippen LogP contribution in [0.4, 0.5) is 0 Å². The van der Waals surface area contributed by atoms with Crippen LogP contribution in [0.1, 0.15) is 31.1 Å². The second-order valence-corrected chi connectivity index (χ2v) is 3.80. The van der Waals surface area contributed by atoms with Gasteiger partial charge in [-0.05, 0) is 13.8 Å². The number of carbonyl (C=O) groups excluding carboxylic acids is 2. The van der Waals surface area contributed by atoms with E-state index in [1.165, 1.54) is 6.92 Å². The van der Waals surface area contributed by atoms with E-state index in [9.17, 15) is 9.59 Å². The molecule has 80 valence electrons. The van der Waals surface area contributed by atoms with E-state index in [1.54, 1.807) is 38.1 Å². The molecular weight excluding hydrogens is 192 g/mol. The summed E-state index contributed by atoms with van der Waals surface area (Å²) >= 11 is 0. The lowest BCUT2D eigenvalue weighted by Crippen LogP contribution is -2.36. The second kappa shape index (κ2) is 4.26. The number of rotatable bonds is 3. The van der Waals surface area contributed by atoms with Gasteiger partial charge in [0.2, 0.25) is 5.78 Å². The monoisotopic (exact) mass is 206 g/mol. The summed E-state index contributed by atoms with van der Waals surface area (Å²) in [6.07, 6.45) is 0. The molecule has 0 bridgehead atoms. The van der Waals surface area contributed by atoms with Crippen LogP contribution in [-0.4, -0.2) is 17.4 Å². The smallest absolute Gasteiger partial charge is 0.303 e. The lowest BCUT2D eigenvalue weighted by atomic mass is 9.96. The Morgan fingerprint density at radius 2 is 1.67 bits per heavy atom. The van der Waals surface area contributed by atoms with Gasteiger partial charge in [0.1, 0.15) is 0 Å². The summed E-state index contributed by atoms with van der Waals surface area (Å²) in [6, 6.07) is 8.78. The van der Waals surface area contributed by atoms with Crippen LogP contribution in [-0.2, 0) is 9.53 Å². The molecule has 0 aliphatic rings. The third-order valence-corrected chi connectivity index (χ3v) is 1.98. The molecule has 15 heavy (non-hydrogen) atoms. The van der Waals surface area contributed by atoms with Gasteiger partial charge >= 0.3 is 5.97 Å². The normalized spacial score (nSPS) is 10.9. The minimum absolute atomic E-state index is 0.196. The van der Waals surface area contributed by atoms with E-state index in [0.29, 0.717) is 5.56 Å². The molecule has 0 unspecified atom stereocenters. The van der Waals surface area contributed by atoms with Crippen LogP contribution < -0.4 is 0 Å². The van der Waals surface area contributed by atoms with Gasteiger partial charge in [-0.3, -0.25) is 9.59 Å². The largest absolute Gasteiger partial charge is 0.451 e. The molecule has 0 radical (unpaired) electrons. The predicted molar refractivity (Wildman–Crippen MR) is 56.6 cm³/mol. The predicted octanol–water partition coefficient (Wildman–Crippen LogP) is 2.21. The van der Waals surface area contributed by atoms with Gasteiger partial charge in [0, 0.05) is 12.5 Å². The molecule has 0 heterocycles. The average molecular weight is 206 g/mol. The maximum atomic E-state index is 11.9. The zero-order chi connectivity index (χ0) is 11.5. The van der Waals surface area contributed by atoms with Crippen LogP contribution >= 0.6 is 0 Å². The first-order chi connectivity index (χ1) is 6.93. The summed E-state index contributed by atoms with van der Waals surface area (Å²) < 4.78 is 4.97. The van der Waals surface area contributed by atoms with Crippen molar-refractivity contribution in [1.82, 2.24) is 0 Å². The number of Topliss-reactive ketones (excluding diaryl/α,β-unsaturated/α-hetero) is 1. The highest BCUT2D eigenvalue weighted by molar-refractivity contribution is 6.02. The standard InChI is InChI=1S/C12H14O3/c1-9(13)15-12(2,3)11(14)10-7-5-4-6-8-10/h4-8H,1-3H3. The van der Waals surface area contributed by atoms with Gasteiger partial charge in [-0.25, -0.2) is 0 Å². The number of esters is 1. The van der Waals surface area contributed by atoms with Gasteiger partial charge < -0.3 is 4.74 Å². The Kier molecular flexibility index (Phi) is 3.24. The zero-order valence-electron chi connectivity index (χ0n) is 9.11. The fraction of sp³-hybridized carbons (Fsp3) is 0.333. The lowest BCUT2D eigenvalue weighted by molar-refractivity contribution is -0.149. The van der Waals surface area contributed by atoms with Crippen molar-refractivity contribution >= 4 is 11.8 Å². The molecular formula is C12H14O3. The van der Waals surface area contributed by atoms with Crippen molar-refractivity contribution in [3.63, 3.8) is 0 Å². The van der Waals surface area contributed by atoms with Gasteiger partial charge in [0.15, 0.2) is 5.60 Å². The highest BCUT2D eigenvalue weighted by atomic mass is 16.6. The Morgan fingerprint density at radius 1 is 1.13 bits per heavy atom. The zero-order valence-corrected chi connectivity index (χ0v) is 9.11. The first kappa shape index (κ1) is 11.4. The summed E-state index contributed by atoms with van der Waals surface area (Å²) in [6.45, 7) is 4.47. The lowest BCUT2D eigenvalue weighted by Gasteiger charge is -2.22. The molecule has 0 spiro atoms.